The van der Waals surface area contributed by atoms with Crippen molar-refractivity contribution in [1.29, 1.82) is 0 Å². The van der Waals surface area contributed by atoms with E-state index in [9.17, 15) is 0 Å². The molecule has 0 atom stereocenters. The standard InChI is InChI=1S/C47H30N4/c1-2-7-39(8-3-1)51-46-19-17-35(27-42(46)43-30-49-25-22-47(43)51)31-10-12-32(13-11-31)38-28-44(34-20-23-48-24-21-34)50-45(29-38)37-16-18-41-36(26-37)15-14-33-6-4-5-9-40(33)41/h1-30H. The summed E-state index contributed by atoms with van der Waals surface area (Å²) in [5, 5.41) is 7.29. The van der Waals surface area contributed by atoms with Gasteiger partial charge in [0.25, 0.3) is 0 Å². The number of rotatable bonds is 5. The Morgan fingerprint density at radius 2 is 1.00 bits per heavy atom. The van der Waals surface area contributed by atoms with E-state index in [0.29, 0.717) is 0 Å². The van der Waals surface area contributed by atoms with Crippen molar-refractivity contribution in [3.63, 3.8) is 0 Å². The van der Waals surface area contributed by atoms with Crippen LogP contribution in [0.1, 0.15) is 0 Å². The van der Waals surface area contributed by atoms with Gasteiger partial charge in [-0.05, 0) is 104 Å². The zero-order chi connectivity index (χ0) is 33.7. The molecule has 0 aliphatic heterocycles. The minimum atomic E-state index is 0.918. The number of aromatic nitrogens is 4. The van der Waals surface area contributed by atoms with Crippen molar-refractivity contribution in [3.05, 3.63) is 183 Å². The second kappa shape index (κ2) is 11.9. The summed E-state index contributed by atoms with van der Waals surface area (Å²) in [5.41, 5.74) is 12.0. The van der Waals surface area contributed by atoms with Gasteiger partial charge in [0, 0.05) is 52.4 Å². The highest BCUT2D eigenvalue weighted by Gasteiger charge is 2.14. The third-order valence-electron chi connectivity index (χ3n) is 9.97. The van der Waals surface area contributed by atoms with Crippen LogP contribution in [0.4, 0.5) is 0 Å². The molecule has 6 aromatic carbocycles. The lowest BCUT2D eigenvalue weighted by Gasteiger charge is -2.12. The van der Waals surface area contributed by atoms with Crippen LogP contribution in [-0.2, 0) is 0 Å². The average molecular weight is 651 g/mol. The van der Waals surface area contributed by atoms with Crippen LogP contribution in [0, 0.1) is 0 Å². The van der Waals surface area contributed by atoms with Gasteiger partial charge in [-0.1, -0.05) is 97.1 Å². The highest BCUT2D eigenvalue weighted by molar-refractivity contribution is 6.10. The number of benzene rings is 6. The number of nitrogens with zero attached hydrogens (tertiary/aromatic N) is 4. The second-order valence-corrected chi connectivity index (χ2v) is 13.0. The molecule has 0 aliphatic carbocycles. The number of para-hydroxylation sites is 1. The summed E-state index contributed by atoms with van der Waals surface area (Å²) in [6.07, 6.45) is 7.49. The number of pyridine rings is 3. The number of hydrogen-bond acceptors (Lipinski definition) is 3. The topological polar surface area (TPSA) is 43.6 Å². The molecular formula is C47H30N4. The predicted octanol–water partition coefficient (Wildman–Crippen LogP) is 11.9. The van der Waals surface area contributed by atoms with E-state index in [1.54, 1.807) is 0 Å². The van der Waals surface area contributed by atoms with E-state index >= 15 is 0 Å². The Morgan fingerprint density at radius 3 is 1.84 bits per heavy atom. The zero-order valence-electron chi connectivity index (χ0n) is 27.6. The van der Waals surface area contributed by atoms with E-state index in [1.165, 1.54) is 38.0 Å². The Labute approximate surface area is 295 Å². The lowest BCUT2D eigenvalue weighted by atomic mass is 9.96. The summed E-state index contributed by atoms with van der Waals surface area (Å²) < 4.78 is 2.32. The number of fused-ring (bicyclic) bond motifs is 6. The van der Waals surface area contributed by atoms with Crippen molar-refractivity contribution in [2.45, 2.75) is 0 Å². The van der Waals surface area contributed by atoms with Gasteiger partial charge < -0.3 is 4.57 Å². The van der Waals surface area contributed by atoms with Crippen molar-refractivity contribution in [1.82, 2.24) is 19.5 Å². The Hall–Kier alpha value is -6.91. The molecule has 4 nitrogen and oxygen atoms in total. The van der Waals surface area contributed by atoms with Gasteiger partial charge in [-0.2, -0.15) is 0 Å². The molecule has 0 unspecified atom stereocenters. The molecule has 10 aromatic rings. The molecule has 4 aromatic heterocycles. The van der Waals surface area contributed by atoms with Gasteiger partial charge >= 0.3 is 0 Å². The first-order valence-corrected chi connectivity index (χ1v) is 17.2. The largest absolute Gasteiger partial charge is 0.309 e. The molecule has 4 heterocycles. The molecule has 10 rings (SSSR count). The minimum Gasteiger partial charge on any atom is -0.309 e. The van der Waals surface area contributed by atoms with E-state index in [1.807, 2.05) is 36.9 Å². The van der Waals surface area contributed by atoms with Gasteiger partial charge in [0.1, 0.15) is 0 Å². The van der Waals surface area contributed by atoms with Crippen LogP contribution in [0.15, 0.2) is 183 Å². The quantitative estimate of drug-likeness (QED) is 0.174. The molecule has 0 radical (unpaired) electrons. The van der Waals surface area contributed by atoms with Gasteiger partial charge in [-0.15, -0.1) is 0 Å². The maximum atomic E-state index is 5.18. The summed E-state index contributed by atoms with van der Waals surface area (Å²) in [6.45, 7) is 0. The molecule has 0 saturated carbocycles. The van der Waals surface area contributed by atoms with E-state index in [4.69, 9.17) is 4.98 Å². The van der Waals surface area contributed by atoms with Gasteiger partial charge in [0.05, 0.1) is 22.4 Å². The Morgan fingerprint density at radius 1 is 0.353 bits per heavy atom. The van der Waals surface area contributed by atoms with E-state index in [2.05, 4.69) is 160 Å². The predicted molar refractivity (Wildman–Crippen MR) is 211 cm³/mol. The molecule has 51 heavy (non-hydrogen) atoms. The molecule has 4 heteroatoms. The normalized spacial score (nSPS) is 11.5. The fraction of sp³-hybridized carbons (Fsp3) is 0. The summed E-state index contributed by atoms with van der Waals surface area (Å²) >= 11 is 0. The first-order chi connectivity index (χ1) is 25.3. The summed E-state index contributed by atoms with van der Waals surface area (Å²) in [5.74, 6) is 0. The highest BCUT2D eigenvalue weighted by atomic mass is 15.0. The van der Waals surface area contributed by atoms with E-state index in [0.717, 1.165) is 55.8 Å². The average Bonchev–Trinajstić information content (AvgIpc) is 3.55. The zero-order valence-corrected chi connectivity index (χ0v) is 27.6. The van der Waals surface area contributed by atoms with E-state index < -0.39 is 0 Å². The van der Waals surface area contributed by atoms with Crippen molar-refractivity contribution in [2.24, 2.45) is 0 Å². The fourth-order valence-electron chi connectivity index (χ4n) is 7.44. The fourth-order valence-corrected chi connectivity index (χ4v) is 7.44. The van der Waals surface area contributed by atoms with Crippen molar-refractivity contribution in [2.75, 3.05) is 0 Å². The Kier molecular flexibility index (Phi) is 6.78. The first-order valence-electron chi connectivity index (χ1n) is 17.2. The van der Waals surface area contributed by atoms with Gasteiger partial charge in [0.15, 0.2) is 0 Å². The van der Waals surface area contributed by atoms with Gasteiger partial charge in [-0.25, -0.2) is 4.98 Å². The van der Waals surface area contributed by atoms with Crippen LogP contribution in [0.2, 0.25) is 0 Å². The molecule has 0 N–H and O–H groups in total. The van der Waals surface area contributed by atoms with Crippen LogP contribution in [0.5, 0.6) is 0 Å². The monoisotopic (exact) mass is 650 g/mol. The molecule has 238 valence electrons. The summed E-state index contributed by atoms with van der Waals surface area (Å²) in [6, 6.07) is 56.3. The van der Waals surface area contributed by atoms with E-state index in [-0.39, 0.29) is 0 Å². The van der Waals surface area contributed by atoms with Crippen LogP contribution in [0.3, 0.4) is 0 Å². The lowest BCUT2D eigenvalue weighted by molar-refractivity contribution is 1.17. The molecule has 0 amide bonds. The molecule has 0 spiro atoms. The van der Waals surface area contributed by atoms with Crippen LogP contribution >= 0.6 is 0 Å². The third-order valence-corrected chi connectivity index (χ3v) is 9.97. The third kappa shape index (κ3) is 5.04. The maximum Gasteiger partial charge on any atom is 0.0716 e. The molecular weight excluding hydrogens is 621 g/mol. The molecule has 0 saturated heterocycles. The minimum absolute atomic E-state index is 0.918. The SMILES string of the molecule is c1ccc(-n2c3ccncc3c3cc(-c4ccc(-c5cc(-c6ccncc6)nc(-c6ccc7c(ccc8ccccc87)c6)c5)cc4)ccc32)cc1. The van der Waals surface area contributed by atoms with Crippen LogP contribution in [0.25, 0.3) is 93.8 Å². The lowest BCUT2D eigenvalue weighted by Crippen LogP contribution is -1.93. The van der Waals surface area contributed by atoms with Crippen molar-refractivity contribution < 1.29 is 0 Å². The second-order valence-electron chi connectivity index (χ2n) is 13.0. The van der Waals surface area contributed by atoms with Crippen molar-refractivity contribution >= 4 is 43.4 Å². The Bertz CT molecular complexity index is 2890. The Balaban J connectivity index is 1.06. The molecule has 0 fully saturated rings. The van der Waals surface area contributed by atoms with Crippen molar-refractivity contribution in [3.8, 4) is 50.5 Å². The maximum absolute atomic E-state index is 5.18. The number of hydrogen-bond donors (Lipinski definition) is 0. The summed E-state index contributed by atoms with van der Waals surface area (Å²) in [4.78, 5) is 13.9. The molecule has 0 aliphatic rings. The van der Waals surface area contributed by atoms with Crippen LogP contribution in [-0.4, -0.2) is 19.5 Å². The highest BCUT2D eigenvalue weighted by Crippen LogP contribution is 2.37. The first kappa shape index (κ1) is 29.0. The molecule has 0 bridgehead atoms. The van der Waals surface area contributed by atoms with Gasteiger partial charge in [-0.3, -0.25) is 9.97 Å². The smallest absolute Gasteiger partial charge is 0.0716 e. The van der Waals surface area contributed by atoms with Crippen LogP contribution < -0.4 is 0 Å². The van der Waals surface area contributed by atoms with Gasteiger partial charge in [0.2, 0.25) is 0 Å². The summed E-state index contributed by atoms with van der Waals surface area (Å²) in [7, 11) is 0.